The van der Waals surface area contributed by atoms with Crippen LogP contribution >= 0.6 is 34.5 Å². The number of nitrogens with two attached hydrogens (primary N) is 1. The molecule has 7 heteroatoms. The molecule has 0 unspecified atom stereocenters. The molecule has 2 N–H and O–H groups in total. The molecule has 22 heavy (non-hydrogen) atoms. The lowest BCUT2D eigenvalue weighted by Gasteiger charge is -1.98. The molecule has 0 aliphatic heterocycles. The Morgan fingerprint density at radius 3 is 2.50 bits per heavy atom. The van der Waals surface area contributed by atoms with E-state index >= 15 is 0 Å². The van der Waals surface area contributed by atoms with Gasteiger partial charge in [0.2, 0.25) is 0 Å². The summed E-state index contributed by atoms with van der Waals surface area (Å²) >= 11 is 13.2. The minimum Gasteiger partial charge on any atom is -0.375 e. The highest BCUT2D eigenvalue weighted by Crippen LogP contribution is 2.38. The lowest BCUT2D eigenvalue weighted by atomic mass is 10.2. The molecule has 1 heterocycles. The van der Waals surface area contributed by atoms with Gasteiger partial charge in [-0.1, -0.05) is 64.9 Å². The van der Waals surface area contributed by atoms with Gasteiger partial charge in [0.1, 0.15) is 11.4 Å². The molecule has 0 amide bonds. The standard InChI is InChI=1S/C15H10Cl2N4S/c16-10-6-7-12(11(17)8-10)20-21-14-13(19-15(18)22-14)9-4-2-1-3-5-9/h1-8H,(H2,18,19). The SMILES string of the molecule is Nc1nc(-c2ccccc2)c(N=Nc2ccc(Cl)cc2Cl)s1. The number of hydrogen-bond acceptors (Lipinski definition) is 5. The van der Waals surface area contributed by atoms with Gasteiger partial charge in [0.25, 0.3) is 0 Å². The van der Waals surface area contributed by atoms with Crippen LogP contribution in [0.4, 0.5) is 15.8 Å². The van der Waals surface area contributed by atoms with Crippen LogP contribution in [0, 0.1) is 0 Å². The van der Waals surface area contributed by atoms with Gasteiger partial charge in [-0.2, -0.15) is 0 Å². The minimum absolute atomic E-state index is 0.440. The number of nitrogen functional groups attached to an aromatic ring is 1. The van der Waals surface area contributed by atoms with Crippen LogP contribution in [0.2, 0.25) is 10.0 Å². The van der Waals surface area contributed by atoms with Gasteiger partial charge in [-0.15, -0.1) is 10.2 Å². The molecular formula is C15H10Cl2N4S. The molecule has 0 atom stereocenters. The number of azo groups is 1. The number of benzene rings is 2. The molecule has 0 aliphatic rings. The van der Waals surface area contributed by atoms with Gasteiger partial charge in [0.15, 0.2) is 10.1 Å². The molecule has 0 fully saturated rings. The maximum Gasteiger partial charge on any atom is 0.182 e. The maximum atomic E-state index is 6.08. The number of aromatic nitrogens is 1. The van der Waals surface area contributed by atoms with Crippen molar-refractivity contribution in [3.63, 3.8) is 0 Å². The highest BCUT2D eigenvalue weighted by molar-refractivity contribution is 7.19. The lowest BCUT2D eigenvalue weighted by molar-refractivity contribution is 1.24. The van der Waals surface area contributed by atoms with Gasteiger partial charge in [0.05, 0.1) is 5.02 Å². The van der Waals surface area contributed by atoms with E-state index in [0.717, 1.165) is 5.56 Å². The third-order valence-corrected chi connectivity index (χ3v) is 4.14. The zero-order chi connectivity index (χ0) is 15.5. The monoisotopic (exact) mass is 348 g/mol. The first-order valence-corrected chi connectivity index (χ1v) is 7.89. The zero-order valence-corrected chi connectivity index (χ0v) is 13.5. The number of halogens is 2. The van der Waals surface area contributed by atoms with Gasteiger partial charge in [0, 0.05) is 10.6 Å². The molecule has 2 aromatic carbocycles. The first-order valence-electron chi connectivity index (χ1n) is 6.32. The number of hydrogen-bond donors (Lipinski definition) is 1. The molecule has 0 spiro atoms. The van der Waals surface area contributed by atoms with Crippen molar-refractivity contribution >= 4 is 50.4 Å². The molecule has 1 aromatic heterocycles. The number of anilines is 1. The zero-order valence-electron chi connectivity index (χ0n) is 11.2. The van der Waals surface area contributed by atoms with Crippen molar-refractivity contribution in [1.82, 2.24) is 4.98 Å². The van der Waals surface area contributed by atoms with E-state index in [9.17, 15) is 0 Å². The van der Waals surface area contributed by atoms with Gasteiger partial charge in [-0.25, -0.2) is 4.98 Å². The van der Waals surface area contributed by atoms with Crippen molar-refractivity contribution in [2.75, 3.05) is 5.73 Å². The van der Waals surface area contributed by atoms with Gasteiger partial charge in [-0.3, -0.25) is 0 Å². The van der Waals surface area contributed by atoms with Crippen LogP contribution < -0.4 is 5.73 Å². The second-order valence-corrected chi connectivity index (χ2v) is 6.22. The van der Waals surface area contributed by atoms with Crippen LogP contribution in [0.25, 0.3) is 11.3 Å². The van der Waals surface area contributed by atoms with E-state index in [0.29, 0.717) is 31.6 Å². The summed E-state index contributed by atoms with van der Waals surface area (Å²) < 4.78 is 0. The maximum absolute atomic E-state index is 6.08. The molecular weight excluding hydrogens is 339 g/mol. The van der Waals surface area contributed by atoms with E-state index in [1.165, 1.54) is 11.3 Å². The highest BCUT2D eigenvalue weighted by Gasteiger charge is 2.11. The predicted octanol–water partition coefficient (Wildman–Crippen LogP) is 6.11. The predicted molar refractivity (Wildman–Crippen MR) is 92.6 cm³/mol. The highest BCUT2D eigenvalue weighted by atomic mass is 35.5. The molecule has 0 saturated carbocycles. The second-order valence-electron chi connectivity index (χ2n) is 4.37. The van der Waals surface area contributed by atoms with Crippen molar-refractivity contribution in [2.24, 2.45) is 10.2 Å². The molecule has 4 nitrogen and oxygen atoms in total. The Morgan fingerprint density at radius 2 is 1.77 bits per heavy atom. The van der Waals surface area contributed by atoms with Crippen LogP contribution in [0.3, 0.4) is 0 Å². The van der Waals surface area contributed by atoms with Crippen molar-refractivity contribution < 1.29 is 0 Å². The minimum atomic E-state index is 0.440. The van der Waals surface area contributed by atoms with E-state index in [4.69, 9.17) is 28.9 Å². The first kappa shape index (κ1) is 15.0. The van der Waals surface area contributed by atoms with Crippen molar-refractivity contribution in [1.29, 1.82) is 0 Å². The van der Waals surface area contributed by atoms with Crippen molar-refractivity contribution in [3.05, 3.63) is 58.6 Å². The first-order chi connectivity index (χ1) is 10.6. The van der Waals surface area contributed by atoms with Crippen molar-refractivity contribution in [2.45, 2.75) is 0 Å². The Morgan fingerprint density at radius 1 is 1.00 bits per heavy atom. The van der Waals surface area contributed by atoms with Gasteiger partial charge < -0.3 is 5.73 Å². The van der Waals surface area contributed by atoms with Crippen molar-refractivity contribution in [3.8, 4) is 11.3 Å². The second kappa shape index (κ2) is 6.44. The Bertz CT molecular complexity index is 831. The topological polar surface area (TPSA) is 63.6 Å². The summed E-state index contributed by atoms with van der Waals surface area (Å²) in [5.41, 5.74) is 7.98. The summed E-state index contributed by atoms with van der Waals surface area (Å²) in [6.45, 7) is 0. The summed E-state index contributed by atoms with van der Waals surface area (Å²) in [7, 11) is 0. The van der Waals surface area contributed by atoms with E-state index in [1.807, 2.05) is 30.3 Å². The third-order valence-electron chi connectivity index (χ3n) is 2.83. The molecule has 0 aliphatic carbocycles. The molecule has 110 valence electrons. The van der Waals surface area contributed by atoms with Crippen LogP contribution in [-0.2, 0) is 0 Å². The van der Waals surface area contributed by atoms with E-state index in [-0.39, 0.29) is 0 Å². The fourth-order valence-electron chi connectivity index (χ4n) is 1.84. The largest absolute Gasteiger partial charge is 0.375 e. The average Bonchev–Trinajstić information content (AvgIpc) is 2.88. The normalized spacial score (nSPS) is 11.2. The summed E-state index contributed by atoms with van der Waals surface area (Å²) in [4.78, 5) is 4.32. The Labute approximate surface area is 141 Å². The summed E-state index contributed by atoms with van der Waals surface area (Å²) in [5.74, 6) is 0. The Balaban J connectivity index is 1.97. The van der Waals surface area contributed by atoms with E-state index in [1.54, 1.807) is 18.2 Å². The fraction of sp³-hybridized carbons (Fsp3) is 0. The third kappa shape index (κ3) is 3.27. The molecule has 0 saturated heterocycles. The number of thiazole rings is 1. The number of nitrogens with zero attached hydrogens (tertiary/aromatic N) is 3. The van der Waals surface area contributed by atoms with Crippen LogP contribution in [0.1, 0.15) is 0 Å². The Hall–Kier alpha value is -1.95. The number of rotatable bonds is 3. The quantitative estimate of drug-likeness (QED) is 0.579. The fourth-order valence-corrected chi connectivity index (χ4v) is 2.96. The molecule has 0 bridgehead atoms. The summed E-state index contributed by atoms with van der Waals surface area (Å²) in [5, 5.41) is 10.5. The Kier molecular flexibility index (Phi) is 4.38. The lowest BCUT2D eigenvalue weighted by Crippen LogP contribution is -1.82. The molecule has 0 radical (unpaired) electrons. The van der Waals surface area contributed by atoms with Gasteiger partial charge >= 0.3 is 0 Å². The molecule has 3 rings (SSSR count). The van der Waals surface area contributed by atoms with E-state index in [2.05, 4.69) is 15.2 Å². The summed E-state index contributed by atoms with van der Waals surface area (Å²) in [6.07, 6.45) is 0. The smallest absolute Gasteiger partial charge is 0.182 e. The van der Waals surface area contributed by atoms with E-state index < -0.39 is 0 Å². The van der Waals surface area contributed by atoms with Crippen LogP contribution in [0.15, 0.2) is 58.8 Å². The summed E-state index contributed by atoms with van der Waals surface area (Å²) in [6, 6.07) is 14.7. The van der Waals surface area contributed by atoms with Crippen LogP contribution in [0.5, 0.6) is 0 Å². The molecule has 3 aromatic rings. The average molecular weight is 349 g/mol. The van der Waals surface area contributed by atoms with Crippen LogP contribution in [-0.4, -0.2) is 4.98 Å². The van der Waals surface area contributed by atoms with Gasteiger partial charge in [-0.05, 0) is 18.2 Å².